The van der Waals surface area contributed by atoms with Crippen LogP contribution in [0.2, 0.25) is 6.04 Å². The fourth-order valence-electron chi connectivity index (χ4n) is 1.06. The molecule has 0 amide bonds. The van der Waals surface area contributed by atoms with Crippen LogP contribution in [0, 0.1) is 0 Å². The van der Waals surface area contributed by atoms with Crippen LogP contribution in [0.4, 0.5) is 0 Å². The second-order valence-electron chi connectivity index (χ2n) is 2.72. The van der Waals surface area contributed by atoms with Gasteiger partial charge >= 0.3 is 0 Å². The van der Waals surface area contributed by atoms with Crippen LogP contribution in [-0.2, 0) is 0 Å². The molecule has 1 heterocycles. The summed E-state index contributed by atoms with van der Waals surface area (Å²) in [7, 11) is -0.639. The Bertz CT molecular complexity index is 134. The lowest BCUT2D eigenvalue weighted by Crippen LogP contribution is -2.44. The van der Waals surface area contributed by atoms with Gasteiger partial charge in [-0.25, -0.2) is 0 Å². The van der Waals surface area contributed by atoms with Gasteiger partial charge < -0.3 is 0 Å². The van der Waals surface area contributed by atoms with E-state index in [1.54, 1.807) is 0 Å². The van der Waals surface area contributed by atoms with Gasteiger partial charge in [0, 0.05) is 0 Å². The maximum absolute atomic E-state index is 6.00. The Kier molecular flexibility index (Phi) is 7.81. The summed E-state index contributed by atoms with van der Waals surface area (Å²) in [6.07, 6.45) is 2.86. The number of hydrogen-bond acceptors (Lipinski definition) is 0. The number of rotatable bonds is 0. The van der Waals surface area contributed by atoms with E-state index in [0.29, 0.717) is 0 Å². The van der Waals surface area contributed by atoms with E-state index in [0.717, 1.165) is 25.3 Å². The SMILES string of the molecule is ClC1(Cl)CCCC[Si]1(Cl)Cl.Cl[SiH2]Cl. The highest BCUT2D eigenvalue weighted by Crippen LogP contribution is 2.48. The van der Waals surface area contributed by atoms with Crippen molar-refractivity contribution in [2.75, 3.05) is 0 Å². The highest BCUT2D eigenvalue weighted by atomic mass is 35.7. The van der Waals surface area contributed by atoms with E-state index >= 15 is 0 Å². The van der Waals surface area contributed by atoms with Crippen LogP contribution >= 0.6 is 67.5 Å². The summed E-state index contributed by atoms with van der Waals surface area (Å²) in [6, 6.07) is 0.823. The molecule has 0 aliphatic carbocycles. The molecule has 0 N–H and O–H groups in total. The van der Waals surface area contributed by atoms with E-state index in [-0.39, 0.29) is 0 Å². The van der Waals surface area contributed by atoms with Gasteiger partial charge in [0.15, 0.2) is 0 Å². The van der Waals surface area contributed by atoms with Crippen LogP contribution < -0.4 is 0 Å². The van der Waals surface area contributed by atoms with Crippen molar-refractivity contribution in [2.24, 2.45) is 0 Å². The third kappa shape index (κ3) is 5.16. The van der Waals surface area contributed by atoms with Gasteiger partial charge in [0.25, 0.3) is 6.69 Å². The van der Waals surface area contributed by atoms with Gasteiger partial charge in [-0.2, -0.15) is 22.2 Å². The van der Waals surface area contributed by atoms with E-state index in [9.17, 15) is 0 Å². The second-order valence-corrected chi connectivity index (χ2v) is 14.7. The van der Waals surface area contributed by atoms with Crippen molar-refractivity contribution in [3.8, 4) is 0 Å². The zero-order chi connectivity index (χ0) is 10.5. The number of hydrogen-bond donors (Lipinski definition) is 0. The predicted octanol–water partition coefficient (Wildman–Crippen LogP) is 4.27. The molecule has 0 bridgehead atoms. The molecule has 0 saturated carbocycles. The molecule has 1 aliphatic heterocycles. The zero-order valence-corrected chi connectivity index (χ0v) is 13.8. The average Bonchev–Trinajstić information content (AvgIpc) is 1.97. The molecule has 0 unspecified atom stereocenters. The summed E-state index contributed by atoms with van der Waals surface area (Å²) in [5, 5.41) is 0. The lowest BCUT2D eigenvalue weighted by molar-refractivity contribution is 0.684. The monoisotopic (exact) mass is 336 g/mol. The van der Waals surface area contributed by atoms with Crippen molar-refractivity contribution in [3.05, 3.63) is 0 Å². The maximum Gasteiger partial charge on any atom is 0.286 e. The zero-order valence-electron chi connectivity index (χ0n) is 6.80. The van der Waals surface area contributed by atoms with Gasteiger partial charge in [0.1, 0.15) is 3.96 Å². The lowest BCUT2D eigenvalue weighted by atomic mass is 10.3. The summed E-state index contributed by atoms with van der Waals surface area (Å²) >= 11 is 33.7. The van der Waals surface area contributed by atoms with Crippen LogP contribution in [-0.4, -0.2) is 18.8 Å². The van der Waals surface area contributed by atoms with Gasteiger partial charge in [0.2, 0.25) is 8.14 Å². The molecule has 0 radical (unpaired) electrons. The van der Waals surface area contributed by atoms with Crippen LogP contribution in [0.25, 0.3) is 0 Å². The van der Waals surface area contributed by atoms with Crippen molar-refractivity contribution < 1.29 is 0 Å². The standard InChI is InChI=1S/C5H8Cl4Si.Cl2H2Si/c6-5(7)3-1-2-4-10(5,8)9;1-3-2/h1-4H2;3H2. The molecule has 13 heavy (non-hydrogen) atoms. The first-order valence-corrected chi connectivity index (χ1v) is 13.0. The van der Waals surface area contributed by atoms with E-state index in [1.807, 2.05) is 0 Å². The molecule has 0 atom stereocenters. The van der Waals surface area contributed by atoms with Gasteiger partial charge in [0.05, 0.1) is 0 Å². The minimum absolute atomic E-state index is 0.639. The Balaban J connectivity index is 0.000000424. The summed E-state index contributed by atoms with van der Waals surface area (Å²) in [5.41, 5.74) is 0. The minimum Gasteiger partial charge on any atom is -0.155 e. The second kappa shape index (κ2) is 6.69. The van der Waals surface area contributed by atoms with Gasteiger partial charge in [-0.05, 0) is 12.5 Å². The maximum atomic E-state index is 6.00. The molecule has 0 nitrogen and oxygen atoms in total. The van der Waals surface area contributed by atoms with Crippen LogP contribution in [0.3, 0.4) is 0 Å². The van der Waals surface area contributed by atoms with Crippen molar-refractivity contribution >= 4 is 82.4 Å². The molecule has 8 heteroatoms. The normalized spacial score (nSPS) is 24.5. The summed E-state index contributed by atoms with van der Waals surface area (Å²) in [4.78, 5) is 0. The molecule has 1 fully saturated rings. The Labute approximate surface area is 111 Å². The highest BCUT2D eigenvalue weighted by molar-refractivity contribution is 7.50. The minimum atomic E-state index is -2.34. The molecule has 0 spiro atoms. The first kappa shape index (κ1) is 15.2. The average molecular weight is 339 g/mol. The predicted molar refractivity (Wildman–Crippen MR) is 70.8 cm³/mol. The molecule has 1 saturated heterocycles. The Morgan fingerprint density at radius 2 is 1.54 bits per heavy atom. The van der Waals surface area contributed by atoms with E-state index < -0.39 is 18.8 Å². The third-order valence-electron chi connectivity index (χ3n) is 1.77. The molecule has 0 aromatic heterocycles. The van der Waals surface area contributed by atoms with Crippen LogP contribution in [0.15, 0.2) is 0 Å². The quantitative estimate of drug-likeness (QED) is 0.351. The van der Waals surface area contributed by atoms with Gasteiger partial charge in [-0.15, -0.1) is 45.4 Å². The molecule has 1 aliphatic rings. The Morgan fingerprint density at radius 3 is 1.77 bits per heavy atom. The topological polar surface area (TPSA) is 0 Å². The molecule has 1 rings (SSSR count). The fourth-order valence-corrected chi connectivity index (χ4v) is 4.87. The summed E-state index contributed by atoms with van der Waals surface area (Å²) in [5.74, 6) is 0. The largest absolute Gasteiger partial charge is 0.286 e. The first-order valence-electron chi connectivity index (χ1n) is 3.75. The third-order valence-corrected chi connectivity index (χ3v) is 10.6. The molecule has 80 valence electrons. The number of alkyl halides is 2. The molecular formula is C5H10Cl6Si2. The van der Waals surface area contributed by atoms with E-state index in [1.165, 1.54) is 0 Å². The van der Waals surface area contributed by atoms with Gasteiger partial charge in [-0.3, -0.25) is 0 Å². The first-order chi connectivity index (χ1) is 5.87. The van der Waals surface area contributed by atoms with Crippen molar-refractivity contribution in [1.29, 1.82) is 0 Å². The highest BCUT2D eigenvalue weighted by Gasteiger charge is 2.51. The van der Waals surface area contributed by atoms with Crippen LogP contribution in [0.5, 0.6) is 0 Å². The van der Waals surface area contributed by atoms with E-state index in [2.05, 4.69) is 0 Å². The smallest absolute Gasteiger partial charge is 0.155 e. The Morgan fingerprint density at radius 1 is 1.08 bits per heavy atom. The lowest BCUT2D eigenvalue weighted by Gasteiger charge is -2.34. The Hall–Kier alpha value is 2.17. The van der Waals surface area contributed by atoms with Crippen molar-refractivity contribution in [2.45, 2.75) is 29.3 Å². The summed E-state index contributed by atoms with van der Waals surface area (Å²) < 4.78 is -0.811. The molecule has 0 aromatic rings. The molecular weight excluding hydrogens is 329 g/mol. The summed E-state index contributed by atoms with van der Waals surface area (Å²) in [6.45, 7) is -2.34. The van der Waals surface area contributed by atoms with Gasteiger partial charge in [-0.1, -0.05) is 12.8 Å². The molecule has 0 aromatic carbocycles. The van der Waals surface area contributed by atoms with Crippen LogP contribution in [0.1, 0.15) is 19.3 Å². The fraction of sp³-hybridized carbons (Fsp3) is 1.00. The van der Waals surface area contributed by atoms with Crippen molar-refractivity contribution in [1.82, 2.24) is 0 Å². The van der Waals surface area contributed by atoms with Crippen molar-refractivity contribution in [3.63, 3.8) is 0 Å². The van der Waals surface area contributed by atoms with E-state index in [4.69, 9.17) is 67.5 Å². The number of halogens is 6.